The molecule has 0 bridgehead atoms. The van der Waals surface area contributed by atoms with Crippen molar-refractivity contribution in [3.05, 3.63) is 59.2 Å². The lowest BCUT2D eigenvalue weighted by molar-refractivity contribution is 0.0597. The van der Waals surface area contributed by atoms with Gasteiger partial charge >= 0.3 is 5.97 Å². The first kappa shape index (κ1) is 16.6. The third-order valence-electron chi connectivity index (χ3n) is 3.55. The minimum absolute atomic E-state index is 0.381. The Kier molecular flexibility index (Phi) is 5.41. The van der Waals surface area contributed by atoms with Gasteiger partial charge in [0.15, 0.2) is 0 Å². The number of carbonyl (C=O) groups is 1. The molecule has 2 aromatic carbocycles. The molecule has 2 aromatic rings. The smallest absolute Gasteiger partial charge is 0.342 e. The van der Waals surface area contributed by atoms with Crippen LogP contribution >= 0.6 is 0 Å². The first-order valence-electron chi connectivity index (χ1n) is 7.18. The Balaban J connectivity index is 2.61. The zero-order valence-electron chi connectivity index (χ0n) is 13.8. The third-order valence-corrected chi connectivity index (χ3v) is 3.55. The maximum absolute atomic E-state index is 12.2. The van der Waals surface area contributed by atoms with Crippen LogP contribution in [0.3, 0.4) is 0 Å². The third kappa shape index (κ3) is 3.72. The minimum atomic E-state index is -0.448. The molecule has 0 spiro atoms. The highest BCUT2D eigenvalue weighted by atomic mass is 16.5. The quantitative estimate of drug-likeness (QED) is 0.617. The van der Waals surface area contributed by atoms with Crippen molar-refractivity contribution in [2.75, 3.05) is 21.3 Å². The first-order chi connectivity index (χ1) is 11.1. The Morgan fingerprint density at radius 3 is 2.26 bits per heavy atom. The van der Waals surface area contributed by atoms with Crippen molar-refractivity contribution >= 4 is 17.6 Å². The summed E-state index contributed by atoms with van der Waals surface area (Å²) in [7, 11) is 4.44. The molecule has 0 radical (unpaired) electrons. The van der Waals surface area contributed by atoms with Crippen LogP contribution in [0.5, 0.6) is 11.5 Å². The fourth-order valence-electron chi connectivity index (χ4n) is 2.34. The van der Waals surface area contributed by atoms with E-state index in [1.807, 2.05) is 43.3 Å². The maximum atomic E-state index is 12.2. The van der Waals surface area contributed by atoms with E-state index in [0.29, 0.717) is 22.6 Å². The Labute approximate surface area is 136 Å². The van der Waals surface area contributed by atoms with Crippen molar-refractivity contribution < 1.29 is 19.0 Å². The van der Waals surface area contributed by atoms with Gasteiger partial charge in [-0.2, -0.15) is 0 Å². The molecule has 0 aliphatic rings. The number of methoxy groups -OCH3 is 3. The topological polar surface area (TPSA) is 44.8 Å². The van der Waals surface area contributed by atoms with Gasteiger partial charge in [-0.1, -0.05) is 36.4 Å². The lowest BCUT2D eigenvalue weighted by atomic mass is 10.00. The molecule has 0 aromatic heterocycles. The van der Waals surface area contributed by atoms with Gasteiger partial charge in [-0.05, 0) is 29.7 Å². The molecule has 4 nitrogen and oxygen atoms in total. The Hall–Kier alpha value is -2.75. The second kappa shape index (κ2) is 7.49. The minimum Gasteiger partial charge on any atom is -0.497 e. The second-order valence-electron chi connectivity index (χ2n) is 4.98. The van der Waals surface area contributed by atoms with Crippen LogP contribution in [0.15, 0.2) is 42.5 Å². The predicted molar refractivity (Wildman–Crippen MR) is 90.9 cm³/mol. The monoisotopic (exact) mass is 312 g/mol. The molecule has 0 heterocycles. The van der Waals surface area contributed by atoms with Crippen molar-refractivity contribution in [2.45, 2.75) is 6.92 Å². The molecule has 0 saturated heterocycles. The number of ether oxygens (including phenoxy) is 3. The summed E-state index contributed by atoms with van der Waals surface area (Å²) in [4.78, 5) is 12.2. The Bertz CT molecular complexity index is 718. The van der Waals surface area contributed by atoms with Crippen molar-refractivity contribution in [3.8, 4) is 11.5 Å². The van der Waals surface area contributed by atoms with E-state index >= 15 is 0 Å². The second-order valence-corrected chi connectivity index (χ2v) is 4.98. The van der Waals surface area contributed by atoms with Crippen molar-refractivity contribution in [2.24, 2.45) is 0 Å². The van der Waals surface area contributed by atoms with E-state index in [2.05, 4.69) is 0 Å². The van der Waals surface area contributed by atoms with Crippen molar-refractivity contribution in [1.29, 1.82) is 0 Å². The van der Waals surface area contributed by atoms with Gasteiger partial charge in [0.1, 0.15) is 17.1 Å². The first-order valence-corrected chi connectivity index (χ1v) is 7.18. The van der Waals surface area contributed by atoms with Gasteiger partial charge in [-0.15, -0.1) is 0 Å². The number of benzene rings is 2. The number of carbonyl (C=O) groups excluding carboxylic acids is 1. The van der Waals surface area contributed by atoms with E-state index in [4.69, 9.17) is 14.2 Å². The van der Waals surface area contributed by atoms with Crippen LogP contribution in [-0.2, 0) is 4.74 Å². The van der Waals surface area contributed by atoms with Crippen LogP contribution in [0.1, 0.15) is 28.4 Å². The number of rotatable bonds is 5. The lowest BCUT2D eigenvalue weighted by Crippen LogP contribution is -2.07. The molecular formula is C19H20O4. The predicted octanol–water partition coefficient (Wildman–Crippen LogP) is 4.05. The number of hydrogen-bond acceptors (Lipinski definition) is 4. The Morgan fingerprint density at radius 2 is 1.70 bits per heavy atom. The number of esters is 1. The van der Waals surface area contributed by atoms with Gasteiger partial charge in [0.25, 0.3) is 0 Å². The average Bonchev–Trinajstić information content (AvgIpc) is 2.60. The summed E-state index contributed by atoms with van der Waals surface area (Å²) < 4.78 is 15.5. The maximum Gasteiger partial charge on any atom is 0.342 e. The van der Waals surface area contributed by atoms with Crippen LogP contribution in [0.2, 0.25) is 0 Å². The zero-order chi connectivity index (χ0) is 16.8. The summed E-state index contributed by atoms with van der Waals surface area (Å²) in [5.74, 6) is 0.585. The van der Waals surface area contributed by atoms with Gasteiger partial charge in [0.2, 0.25) is 0 Å². The normalized spacial score (nSPS) is 11.0. The molecule has 0 unspecified atom stereocenters. The van der Waals surface area contributed by atoms with E-state index < -0.39 is 5.97 Å². The van der Waals surface area contributed by atoms with E-state index in [1.165, 1.54) is 14.2 Å². The summed E-state index contributed by atoms with van der Waals surface area (Å²) in [6, 6.07) is 13.4. The van der Waals surface area contributed by atoms with Gasteiger partial charge < -0.3 is 14.2 Å². The highest BCUT2D eigenvalue weighted by molar-refractivity contribution is 5.99. The molecule has 23 heavy (non-hydrogen) atoms. The van der Waals surface area contributed by atoms with Crippen LogP contribution in [0.4, 0.5) is 0 Å². The molecule has 0 aliphatic carbocycles. The van der Waals surface area contributed by atoms with Crippen molar-refractivity contribution in [1.82, 2.24) is 0 Å². The van der Waals surface area contributed by atoms with Gasteiger partial charge in [0.05, 0.1) is 21.3 Å². The summed E-state index contributed by atoms with van der Waals surface area (Å²) in [6.45, 7) is 1.99. The highest BCUT2D eigenvalue weighted by Crippen LogP contribution is 2.32. The fraction of sp³-hybridized carbons (Fsp3) is 0.211. The zero-order valence-corrected chi connectivity index (χ0v) is 13.8. The number of allylic oxidation sites excluding steroid dienone is 1. The molecule has 0 amide bonds. The molecule has 0 atom stereocenters. The molecular weight excluding hydrogens is 292 g/mol. The van der Waals surface area contributed by atoms with Crippen LogP contribution in [0.25, 0.3) is 11.6 Å². The molecule has 0 saturated carbocycles. The molecule has 120 valence electrons. The van der Waals surface area contributed by atoms with Crippen LogP contribution in [-0.4, -0.2) is 27.3 Å². The van der Waals surface area contributed by atoms with Gasteiger partial charge in [0, 0.05) is 6.07 Å². The summed E-state index contributed by atoms with van der Waals surface area (Å²) in [5, 5.41) is 0. The molecule has 0 aliphatic heterocycles. The summed E-state index contributed by atoms with van der Waals surface area (Å²) in [5.41, 5.74) is 3.16. The average molecular weight is 312 g/mol. The van der Waals surface area contributed by atoms with E-state index in [0.717, 1.165) is 11.1 Å². The van der Waals surface area contributed by atoms with E-state index in [1.54, 1.807) is 19.2 Å². The molecule has 4 heteroatoms. The summed E-state index contributed by atoms with van der Waals surface area (Å²) >= 11 is 0. The Morgan fingerprint density at radius 1 is 1.00 bits per heavy atom. The van der Waals surface area contributed by atoms with E-state index in [9.17, 15) is 4.79 Å². The van der Waals surface area contributed by atoms with Crippen LogP contribution in [0, 0.1) is 0 Å². The fourth-order valence-corrected chi connectivity index (χ4v) is 2.34. The molecule has 0 fully saturated rings. The number of hydrogen-bond donors (Lipinski definition) is 0. The van der Waals surface area contributed by atoms with Crippen molar-refractivity contribution in [3.63, 3.8) is 0 Å². The lowest BCUT2D eigenvalue weighted by Gasteiger charge is -2.13. The van der Waals surface area contributed by atoms with Gasteiger partial charge in [-0.25, -0.2) is 4.79 Å². The van der Waals surface area contributed by atoms with Gasteiger partial charge in [-0.3, -0.25) is 0 Å². The SMILES string of the molecule is COC(=O)c1c(/C=C(\C)c2ccccc2)cc(OC)cc1OC. The largest absolute Gasteiger partial charge is 0.497 e. The standard InChI is InChI=1S/C19H20O4/c1-13(14-8-6-5-7-9-14)10-15-11-16(21-2)12-17(22-3)18(15)19(20)23-4/h5-12H,1-4H3/b13-10+. The highest BCUT2D eigenvalue weighted by Gasteiger charge is 2.19. The van der Waals surface area contributed by atoms with Crippen LogP contribution < -0.4 is 9.47 Å². The summed E-state index contributed by atoms with van der Waals surface area (Å²) in [6.07, 6.45) is 1.92. The van der Waals surface area contributed by atoms with E-state index in [-0.39, 0.29) is 0 Å². The molecule has 2 rings (SSSR count). The molecule has 0 N–H and O–H groups in total.